The van der Waals surface area contributed by atoms with Crippen molar-refractivity contribution in [2.24, 2.45) is 0 Å². The number of aliphatic hydroxyl groups excluding tert-OH is 2. The summed E-state index contributed by atoms with van der Waals surface area (Å²) in [5.74, 6) is 0.0357. The van der Waals surface area contributed by atoms with Gasteiger partial charge in [0.25, 0.3) is 0 Å². The molecule has 1 aliphatic rings. The number of hydrogen-bond acceptors (Lipinski definition) is 7. The molecule has 0 bridgehead atoms. The lowest BCUT2D eigenvalue weighted by Gasteiger charge is -2.22. The van der Waals surface area contributed by atoms with E-state index in [9.17, 15) is 23.7 Å². The molecule has 0 unspecified atom stereocenters. The number of hydrogen-bond donors (Lipinski definition) is 5. The summed E-state index contributed by atoms with van der Waals surface area (Å²) in [5, 5.41) is 32.4. The monoisotopic (exact) mass is 576 g/mol. The van der Waals surface area contributed by atoms with Gasteiger partial charge in [-0.2, -0.15) is 0 Å². The van der Waals surface area contributed by atoms with Crippen molar-refractivity contribution >= 4 is 10.0 Å². The van der Waals surface area contributed by atoms with Crippen LogP contribution < -0.4 is 10.0 Å². The van der Waals surface area contributed by atoms with Gasteiger partial charge in [0, 0.05) is 31.4 Å². The fourth-order valence-corrected chi connectivity index (χ4v) is 6.49. The molecule has 224 valence electrons. The second-order valence-corrected chi connectivity index (χ2v) is 12.6. The number of phenols is 1. The largest absolute Gasteiger partial charge is 0.508 e. The summed E-state index contributed by atoms with van der Waals surface area (Å²) in [7, 11) is -3.46. The molecule has 40 heavy (non-hydrogen) atoms. The zero-order valence-corrected chi connectivity index (χ0v) is 24.5. The molecule has 3 rings (SSSR count). The number of aliphatic hydroxyl groups is 2. The van der Waals surface area contributed by atoms with Crippen LogP contribution in [0.15, 0.2) is 47.4 Å². The second kappa shape index (κ2) is 17.7. The minimum atomic E-state index is -3.46. The number of benzene rings is 2. The van der Waals surface area contributed by atoms with E-state index in [1.54, 1.807) is 18.2 Å². The highest BCUT2D eigenvalue weighted by Crippen LogP contribution is 2.23. The predicted molar refractivity (Wildman–Crippen MR) is 158 cm³/mol. The van der Waals surface area contributed by atoms with E-state index < -0.39 is 16.1 Å². The maximum absolute atomic E-state index is 12.8. The van der Waals surface area contributed by atoms with Gasteiger partial charge in [-0.15, -0.1) is 0 Å². The molecule has 1 fully saturated rings. The maximum atomic E-state index is 12.8. The number of aromatic hydroxyl groups is 1. The number of sulfonamides is 1. The van der Waals surface area contributed by atoms with Crippen molar-refractivity contribution in [3.05, 3.63) is 59.2 Å². The molecule has 0 aliphatic heterocycles. The smallest absolute Gasteiger partial charge is 0.240 e. The Labute approximate surface area is 240 Å². The van der Waals surface area contributed by atoms with E-state index in [-0.39, 0.29) is 18.4 Å². The molecule has 8 nitrogen and oxygen atoms in total. The highest BCUT2D eigenvalue weighted by atomic mass is 32.2. The lowest BCUT2D eigenvalue weighted by atomic mass is 9.96. The molecule has 1 atom stereocenters. The summed E-state index contributed by atoms with van der Waals surface area (Å²) >= 11 is 0. The Hall–Kier alpha value is -2.01. The van der Waals surface area contributed by atoms with Gasteiger partial charge in [0.05, 0.1) is 17.6 Å². The van der Waals surface area contributed by atoms with Crippen molar-refractivity contribution in [2.75, 3.05) is 26.3 Å². The summed E-state index contributed by atoms with van der Waals surface area (Å²) in [6, 6.07) is 12.2. The second-order valence-electron chi connectivity index (χ2n) is 10.9. The van der Waals surface area contributed by atoms with E-state index in [4.69, 9.17) is 4.74 Å². The number of ether oxygens (including phenoxy) is 1. The molecule has 0 radical (unpaired) electrons. The van der Waals surface area contributed by atoms with E-state index in [0.717, 1.165) is 96.0 Å². The first kappa shape index (κ1) is 32.5. The Morgan fingerprint density at radius 1 is 0.925 bits per heavy atom. The first-order valence-electron chi connectivity index (χ1n) is 14.9. The highest BCUT2D eigenvalue weighted by Gasteiger charge is 2.22. The topological polar surface area (TPSA) is 128 Å². The average molecular weight is 577 g/mol. The standard InChI is InChI=1S/C31H48N2O6S/c34-24-27-22-26(16-17-30(27)35)31(36)23-32-18-7-1-2-8-19-39-20-9-6-11-25-12-10-15-29(21-25)40(37,38)33-28-13-4-3-5-14-28/h10,12,15-17,21-22,28,31-36H,1-9,11,13-14,18-20,23-24H2/t31-/m0/s1. The molecule has 0 heterocycles. The van der Waals surface area contributed by atoms with Crippen molar-refractivity contribution in [1.82, 2.24) is 10.0 Å². The van der Waals surface area contributed by atoms with Crippen LogP contribution in [-0.4, -0.2) is 56.1 Å². The van der Waals surface area contributed by atoms with Crippen molar-refractivity contribution in [2.45, 2.75) is 101 Å². The fraction of sp³-hybridized carbons (Fsp3) is 0.613. The molecule has 9 heteroatoms. The lowest BCUT2D eigenvalue weighted by Crippen LogP contribution is -2.36. The summed E-state index contributed by atoms with van der Waals surface area (Å²) in [6.07, 6.45) is 11.5. The van der Waals surface area contributed by atoms with Crippen molar-refractivity contribution < 1.29 is 28.5 Å². The summed E-state index contributed by atoms with van der Waals surface area (Å²) in [6.45, 7) is 2.46. The van der Waals surface area contributed by atoms with Gasteiger partial charge in [0.15, 0.2) is 0 Å². The molecule has 1 aliphatic carbocycles. The number of rotatable bonds is 19. The van der Waals surface area contributed by atoms with Crippen LogP contribution in [0.4, 0.5) is 0 Å². The fourth-order valence-electron chi connectivity index (χ4n) is 5.12. The molecule has 0 aromatic heterocycles. The Bertz CT molecular complexity index is 1100. The van der Waals surface area contributed by atoms with E-state index in [1.165, 1.54) is 12.5 Å². The molecule has 2 aromatic rings. The predicted octanol–water partition coefficient (Wildman–Crippen LogP) is 4.72. The van der Waals surface area contributed by atoms with Crippen LogP contribution in [0.25, 0.3) is 0 Å². The van der Waals surface area contributed by atoms with Gasteiger partial charge in [-0.25, -0.2) is 13.1 Å². The van der Waals surface area contributed by atoms with Gasteiger partial charge in [-0.05, 0) is 86.9 Å². The third-order valence-electron chi connectivity index (χ3n) is 7.53. The lowest BCUT2D eigenvalue weighted by molar-refractivity contribution is 0.126. The Kier molecular flexibility index (Phi) is 14.4. The SMILES string of the molecule is O=S(=O)(NC1CCCCC1)c1cccc(CCCCOCCCCCCNC[C@H](O)c2ccc(O)c(CO)c2)c1. The number of nitrogens with one attached hydrogen (secondary N) is 2. The van der Waals surface area contributed by atoms with Crippen LogP contribution >= 0.6 is 0 Å². The Morgan fingerprint density at radius 2 is 1.68 bits per heavy atom. The zero-order chi connectivity index (χ0) is 28.6. The molecule has 2 aromatic carbocycles. The van der Waals surface area contributed by atoms with Crippen molar-refractivity contribution in [1.29, 1.82) is 0 Å². The molecule has 5 N–H and O–H groups in total. The van der Waals surface area contributed by atoms with Crippen LogP contribution in [0, 0.1) is 0 Å². The Balaban J connectivity index is 1.17. The normalized spacial score (nSPS) is 15.3. The maximum Gasteiger partial charge on any atom is 0.240 e. The minimum absolute atomic E-state index is 0.0357. The van der Waals surface area contributed by atoms with Gasteiger partial charge in [-0.3, -0.25) is 0 Å². The van der Waals surface area contributed by atoms with Crippen molar-refractivity contribution in [3.63, 3.8) is 0 Å². The summed E-state index contributed by atoms with van der Waals surface area (Å²) in [5.41, 5.74) is 2.14. The summed E-state index contributed by atoms with van der Waals surface area (Å²) < 4.78 is 34.2. The number of unbranched alkanes of at least 4 members (excludes halogenated alkanes) is 4. The first-order chi connectivity index (χ1) is 19.4. The van der Waals surface area contributed by atoms with Crippen LogP contribution in [0.5, 0.6) is 5.75 Å². The van der Waals surface area contributed by atoms with Crippen LogP contribution in [0.1, 0.15) is 93.4 Å². The van der Waals surface area contributed by atoms with E-state index >= 15 is 0 Å². The van der Waals surface area contributed by atoms with Crippen LogP contribution in [0.3, 0.4) is 0 Å². The van der Waals surface area contributed by atoms with E-state index in [0.29, 0.717) is 22.6 Å². The quantitative estimate of drug-likeness (QED) is 0.153. The van der Waals surface area contributed by atoms with Gasteiger partial charge >= 0.3 is 0 Å². The van der Waals surface area contributed by atoms with Crippen LogP contribution in [-0.2, 0) is 27.8 Å². The molecule has 0 saturated heterocycles. The third-order valence-corrected chi connectivity index (χ3v) is 9.05. The van der Waals surface area contributed by atoms with Gasteiger partial charge < -0.3 is 25.4 Å². The average Bonchev–Trinajstić information content (AvgIpc) is 2.96. The van der Waals surface area contributed by atoms with Gasteiger partial charge in [0.1, 0.15) is 5.75 Å². The summed E-state index contributed by atoms with van der Waals surface area (Å²) in [4.78, 5) is 0.368. The van der Waals surface area contributed by atoms with E-state index in [1.807, 2.05) is 18.2 Å². The number of aryl methyl sites for hydroxylation is 1. The molecule has 0 amide bonds. The van der Waals surface area contributed by atoms with E-state index in [2.05, 4.69) is 10.0 Å². The Morgan fingerprint density at radius 3 is 2.45 bits per heavy atom. The van der Waals surface area contributed by atoms with Gasteiger partial charge in [0.2, 0.25) is 10.0 Å². The molecule has 0 spiro atoms. The van der Waals surface area contributed by atoms with Crippen molar-refractivity contribution in [3.8, 4) is 5.75 Å². The zero-order valence-electron chi connectivity index (χ0n) is 23.7. The van der Waals surface area contributed by atoms with Gasteiger partial charge in [-0.1, -0.05) is 50.3 Å². The molecule has 1 saturated carbocycles. The third kappa shape index (κ3) is 11.5. The molecular formula is C31H48N2O6S. The first-order valence-corrected chi connectivity index (χ1v) is 16.4. The van der Waals surface area contributed by atoms with Crippen LogP contribution in [0.2, 0.25) is 0 Å². The molecular weight excluding hydrogens is 528 g/mol. The minimum Gasteiger partial charge on any atom is -0.508 e. The highest BCUT2D eigenvalue weighted by molar-refractivity contribution is 7.89.